The second kappa shape index (κ2) is 13.1. The van der Waals surface area contributed by atoms with Gasteiger partial charge in [0.2, 0.25) is 5.95 Å². The molecule has 0 radical (unpaired) electrons. The lowest BCUT2D eigenvalue weighted by Crippen LogP contribution is -2.38. The second-order valence-corrected chi connectivity index (χ2v) is 14.4. The van der Waals surface area contributed by atoms with Crippen molar-refractivity contribution in [1.29, 1.82) is 5.26 Å². The van der Waals surface area contributed by atoms with E-state index in [1.807, 2.05) is 27.2 Å². The molecule has 2 heterocycles. The van der Waals surface area contributed by atoms with Gasteiger partial charge < -0.3 is 9.22 Å². The average molecular weight is 662 g/mol. The highest BCUT2D eigenvalue weighted by Gasteiger charge is 2.41. The number of halogens is 3. The second-order valence-electron chi connectivity index (χ2n) is 12.1. The number of hydrogen-bond donors (Lipinski definition) is 0. The van der Waals surface area contributed by atoms with Gasteiger partial charge in [0.25, 0.3) is 0 Å². The first-order chi connectivity index (χ1) is 21.5. The van der Waals surface area contributed by atoms with Crippen molar-refractivity contribution in [2.45, 2.75) is 38.5 Å². The van der Waals surface area contributed by atoms with Crippen molar-refractivity contribution < 1.29 is 35.6 Å². The van der Waals surface area contributed by atoms with Crippen molar-refractivity contribution >= 4 is 27.4 Å². The molecule has 246 valence electrons. The number of esters is 1. The Morgan fingerprint density at radius 3 is 2.33 bits per heavy atom. The van der Waals surface area contributed by atoms with E-state index in [2.05, 4.69) is 5.10 Å². The lowest BCUT2D eigenvalue weighted by atomic mass is 9.93. The Kier molecular flexibility index (Phi) is 9.83. The molecule has 46 heavy (non-hydrogen) atoms. The number of allylic oxidation sites excluding steroid dienone is 1. The number of nitriles is 1. The molecule has 4 rings (SSSR count). The third kappa shape index (κ3) is 7.51. The Morgan fingerprint density at radius 2 is 1.74 bits per heavy atom. The van der Waals surface area contributed by atoms with Crippen molar-refractivity contribution in [1.82, 2.24) is 14.3 Å². The summed E-state index contributed by atoms with van der Waals surface area (Å²) in [6.45, 7) is 2.08. The molecule has 1 aliphatic heterocycles. The monoisotopic (exact) mass is 661 g/mol. The van der Waals surface area contributed by atoms with E-state index >= 15 is 0 Å². The highest BCUT2D eigenvalue weighted by atomic mass is 32.2. The number of methoxy groups -OCH3 is 1. The Morgan fingerprint density at radius 1 is 1.09 bits per heavy atom. The van der Waals surface area contributed by atoms with Gasteiger partial charge in [0.05, 0.1) is 69.1 Å². The van der Waals surface area contributed by atoms with Crippen molar-refractivity contribution in [3.05, 3.63) is 87.0 Å². The standard InChI is InChI=1S/C31H36F3N6O5S/c1-21-26(28(41)45-5)27(23-13-11-22(20-35)12-14-23)39-29(38(21)25-10-6-9-24(19-25)31(32,33)34)36-37(30(39)42)15-7-17-46(43,44)18-8-16-40(2,3)4/h6,9-14,19,27H,7-8,15-18H2,1-5H3/q+1/t27-/m1/s1. The van der Waals surface area contributed by atoms with Crippen LogP contribution in [-0.2, 0) is 32.1 Å². The van der Waals surface area contributed by atoms with Crippen molar-refractivity contribution in [2.24, 2.45) is 0 Å². The van der Waals surface area contributed by atoms with E-state index in [-0.39, 0.29) is 47.4 Å². The summed E-state index contributed by atoms with van der Waals surface area (Å²) < 4.78 is 74.5. The molecular formula is C31H36F3N6O5S+. The molecule has 0 bridgehead atoms. The van der Waals surface area contributed by atoms with Gasteiger partial charge in [-0.1, -0.05) is 18.2 Å². The molecule has 0 fully saturated rings. The van der Waals surface area contributed by atoms with Crippen LogP contribution in [0.15, 0.2) is 64.6 Å². The van der Waals surface area contributed by atoms with Crippen molar-refractivity contribution in [3.63, 3.8) is 0 Å². The molecule has 1 aromatic heterocycles. The zero-order valence-corrected chi connectivity index (χ0v) is 27.0. The van der Waals surface area contributed by atoms with E-state index in [0.717, 1.165) is 23.9 Å². The quantitative estimate of drug-likeness (QED) is 0.223. The number of quaternary nitrogens is 1. The zero-order chi connectivity index (χ0) is 34.0. The first kappa shape index (κ1) is 34.5. The largest absolute Gasteiger partial charge is 0.466 e. The van der Waals surface area contributed by atoms with Crippen LogP contribution in [0.5, 0.6) is 0 Å². The third-order valence-corrected chi connectivity index (χ3v) is 9.43. The van der Waals surface area contributed by atoms with Gasteiger partial charge in [-0.3, -0.25) is 4.90 Å². The maximum absolute atomic E-state index is 14.0. The Balaban J connectivity index is 1.82. The van der Waals surface area contributed by atoms with Crippen LogP contribution in [0.25, 0.3) is 0 Å². The minimum Gasteiger partial charge on any atom is -0.466 e. The number of carbonyl (C=O) groups is 1. The maximum Gasteiger partial charge on any atom is 0.416 e. The van der Waals surface area contributed by atoms with E-state index in [1.165, 1.54) is 40.7 Å². The molecule has 0 aliphatic carbocycles. The molecule has 0 amide bonds. The molecule has 0 spiro atoms. The third-order valence-electron chi connectivity index (χ3n) is 7.61. The fraction of sp³-hybridized carbons (Fsp3) is 0.419. The number of fused-ring (bicyclic) bond motifs is 1. The van der Waals surface area contributed by atoms with Gasteiger partial charge in [0.1, 0.15) is 6.04 Å². The van der Waals surface area contributed by atoms with E-state index in [0.29, 0.717) is 28.6 Å². The summed E-state index contributed by atoms with van der Waals surface area (Å²) >= 11 is 0. The molecule has 0 saturated heterocycles. The molecule has 3 aromatic rings. The number of aryl methyl sites for hydroxylation is 1. The lowest BCUT2D eigenvalue weighted by Gasteiger charge is -2.35. The van der Waals surface area contributed by atoms with Crippen LogP contribution >= 0.6 is 0 Å². The summed E-state index contributed by atoms with van der Waals surface area (Å²) in [5, 5.41) is 13.8. The summed E-state index contributed by atoms with van der Waals surface area (Å²) in [6.07, 6.45) is -4.13. The molecule has 1 aliphatic rings. The summed E-state index contributed by atoms with van der Waals surface area (Å²) in [4.78, 5) is 28.6. The van der Waals surface area contributed by atoms with Crippen LogP contribution < -0.4 is 10.6 Å². The average Bonchev–Trinajstić information content (AvgIpc) is 3.29. The minimum atomic E-state index is -4.67. The normalized spacial score (nSPS) is 15.5. The highest BCUT2D eigenvalue weighted by molar-refractivity contribution is 7.91. The smallest absolute Gasteiger partial charge is 0.416 e. The number of sulfone groups is 1. The molecule has 2 aromatic carbocycles. The predicted molar refractivity (Wildman–Crippen MR) is 165 cm³/mol. The van der Waals surface area contributed by atoms with E-state index in [9.17, 15) is 36.4 Å². The number of alkyl halides is 3. The number of benzene rings is 2. The summed E-state index contributed by atoms with van der Waals surface area (Å²) in [5.74, 6) is -1.10. The zero-order valence-electron chi connectivity index (χ0n) is 26.2. The topological polar surface area (TPSA) is 127 Å². The number of hydrogen-bond acceptors (Lipinski definition) is 8. The Labute approximate surface area is 265 Å². The van der Waals surface area contributed by atoms with Crippen LogP contribution in [0.2, 0.25) is 0 Å². The van der Waals surface area contributed by atoms with E-state index in [1.54, 1.807) is 12.1 Å². The van der Waals surface area contributed by atoms with Gasteiger partial charge >= 0.3 is 17.8 Å². The van der Waals surface area contributed by atoms with Gasteiger partial charge in [-0.15, -0.1) is 5.10 Å². The van der Waals surface area contributed by atoms with Gasteiger partial charge in [0.15, 0.2) is 9.84 Å². The fourth-order valence-electron chi connectivity index (χ4n) is 5.38. The number of aromatic nitrogens is 3. The predicted octanol–water partition coefficient (Wildman–Crippen LogP) is 4.02. The van der Waals surface area contributed by atoms with Crippen LogP contribution in [-0.4, -0.2) is 79.5 Å². The fourth-order valence-corrected chi connectivity index (χ4v) is 6.72. The number of ether oxygens (including phenoxy) is 1. The first-order valence-electron chi connectivity index (χ1n) is 14.4. The molecule has 0 saturated carbocycles. The summed E-state index contributed by atoms with van der Waals surface area (Å²) in [7, 11) is 3.63. The minimum absolute atomic E-state index is 0.00714. The number of nitrogens with zero attached hydrogens (tertiary/aromatic N) is 6. The molecule has 11 nitrogen and oxygen atoms in total. The molecule has 0 N–H and O–H groups in total. The van der Waals surface area contributed by atoms with E-state index < -0.39 is 39.3 Å². The lowest BCUT2D eigenvalue weighted by molar-refractivity contribution is -0.870. The van der Waals surface area contributed by atoms with Crippen molar-refractivity contribution in [2.75, 3.05) is 51.2 Å². The van der Waals surface area contributed by atoms with E-state index in [4.69, 9.17) is 4.74 Å². The first-order valence-corrected chi connectivity index (χ1v) is 16.3. The van der Waals surface area contributed by atoms with Crippen LogP contribution in [0.3, 0.4) is 0 Å². The van der Waals surface area contributed by atoms with Gasteiger partial charge in [-0.25, -0.2) is 27.3 Å². The van der Waals surface area contributed by atoms with Crippen LogP contribution in [0, 0.1) is 11.3 Å². The maximum atomic E-state index is 14.0. The van der Waals surface area contributed by atoms with Gasteiger partial charge in [-0.05, 0) is 49.2 Å². The SMILES string of the molecule is COC(=O)C1=C(C)N(c2cccc(C(F)(F)F)c2)c2nn(CCCS(=O)(=O)CCC[N+](C)(C)C)c(=O)n2[C@@H]1c1ccc(C#N)cc1. The molecular weight excluding hydrogens is 625 g/mol. The number of carbonyl (C=O) groups excluding carboxylic acids is 1. The van der Waals surface area contributed by atoms with Gasteiger partial charge in [-0.2, -0.15) is 18.4 Å². The summed E-state index contributed by atoms with van der Waals surface area (Å²) in [5.41, 5.74) is -0.775. The number of rotatable bonds is 11. The molecule has 15 heteroatoms. The number of anilines is 2. The molecule has 0 unspecified atom stereocenters. The van der Waals surface area contributed by atoms with Crippen LogP contribution in [0.1, 0.15) is 42.5 Å². The van der Waals surface area contributed by atoms with Gasteiger partial charge in [0, 0.05) is 24.4 Å². The molecule has 1 atom stereocenters. The van der Waals surface area contributed by atoms with Crippen LogP contribution in [0.4, 0.5) is 24.8 Å². The Bertz CT molecular complexity index is 1850. The summed E-state index contributed by atoms with van der Waals surface area (Å²) in [6, 6.07) is 11.4. The van der Waals surface area contributed by atoms with Crippen molar-refractivity contribution in [3.8, 4) is 6.07 Å². The Hall–Kier alpha value is -4.42. The highest BCUT2D eigenvalue weighted by Crippen LogP contribution is 2.43.